The molecule has 0 spiro atoms. The molecule has 2 aromatic heterocycles. The fourth-order valence-electron chi connectivity index (χ4n) is 4.24. The number of carbonyl (C=O) groups is 2. The number of nitrogens with one attached hydrogen (secondary N) is 1. The number of imide groups is 1. The van der Waals surface area contributed by atoms with E-state index in [1.165, 1.54) is 24.3 Å². The first-order chi connectivity index (χ1) is 15.5. The Kier molecular flexibility index (Phi) is 4.93. The number of aromatic nitrogens is 3. The Bertz CT molecular complexity index is 1370. The molecule has 2 amide bonds. The summed E-state index contributed by atoms with van der Waals surface area (Å²) in [6, 6.07) is 11.7. The maximum Gasteiger partial charge on any atom is 0.259 e. The topological polar surface area (TPSA) is 68.9 Å². The molecule has 5 rings (SSSR count). The summed E-state index contributed by atoms with van der Waals surface area (Å²) >= 11 is 0. The lowest BCUT2D eigenvalue weighted by atomic mass is 9.95. The molecular weight excluding hydrogens is 407 g/mol. The lowest BCUT2D eigenvalue weighted by Crippen LogP contribution is -2.22. The second kappa shape index (κ2) is 7.92. The molecule has 32 heavy (non-hydrogen) atoms. The van der Waals surface area contributed by atoms with Crippen molar-refractivity contribution in [3.8, 4) is 0 Å². The van der Waals surface area contributed by atoms with E-state index in [4.69, 9.17) is 0 Å². The standard InChI is InChI=1S/C25H21FN4O2/c1-16-3-8-21-19(13-16)20(14-30(21)11-2-10-29-12-9-27-15-29)23-22(24(31)28-25(23)32)17-4-6-18(26)7-5-17/h3-9,12-15H,2,10-11H2,1H3,(H,28,31,32). The molecule has 0 saturated carbocycles. The van der Waals surface area contributed by atoms with E-state index in [2.05, 4.69) is 14.9 Å². The van der Waals surface area contributed by atoms with Gasteiger partial charge < -0.3 is 9.13 Å². The third-order valence-corrected chi connectivity index (χ3v) is 5.74. The number of aryl methyl sites for hydroxylation is 3. The highest BCUT2D eigenvalue weighted by atomic mass is 19.1. The first kappa shape index (κ1) is 19.9. The predicted octanol–water partition coefficient (Wildman–Crippen LogP) is 3.94. The van der Waals surface area contributed by atoms with Crippen molar-refractivity contribution < 1.29 is 14.0 Å². The molecule has 1 N–H and O–H groups in total. The average Bonchev–Trinajstić information content (AvgIpc) is 3.47. The number of rotatable bonds is 6. The number of amides is 2. The van der Waals surface area contributed by atoms with Gasteiger partial charge >= 0.3 is 0 Å². The van der Waals surface area contributed by atoms with Crippen LogP contribution in [0.5, 0.6) is 0 Å². The van der Waals surface area contributed by atoms with Crippen molar-refractivity contribution in [2.24, 2.45) is 0 Å². The minimum atomic E-state index is -0.467. The molecular formula is C25H21FN4O2. The average molecular weight is 428 g/mol. The van der Waals surface area contributed by atoms with Gasteiger partial charge in [0.1, 0.15) is 5.82 Å². The molecule has 0 unspecified atom stereocenters. The molecule has 0 atom stereocenters. The molecule has 1 aliphatic rings. The van der Waals surface area contributed by atoms with Gasteiger partial charge in [0.2, 0.25) is 0 Å². The van der Waals surface area contributed by atoms with Crippen LogP contribution in [0.1, 0.15) is 23.1 Å². The first-order valence-electron chi connectivity index (χ1n) is 10.4. The zero-order chi connectivity index (χ0) is 22.2. The fraction of sp³-hybridized carbons (Fsp3) is 0.160. The molecule has 6 nitrogen and oxygen atoms in total. The van der Waals surface area contributed by atoms with Gasteiger partial charge in [-0.05, 0) is 43.2 Å². The number of hydrogen-bond acceptors (Lipinski definition) is 3. The van der Waals surface area contributed by atoms with E-state index in [1.54, 1.807) is 12.5 Å². The summed E-state index contributed by atoms with van der Waals surface area (Å²) in [4.78, 5) is 29.6. The summed E-state index contributed by atoms with van der Waals surface area (Å²) in [6.45, 7) is 3.56. The van der Waals surface area contributed by atoms with Gasteiger partial charge in [0.15, 0.2) is 0 Å². The van der Waals surface area contributed by atoms with Crippen molar-refractivity contribution in [3.05, 3.63) is 89.9 Å². The third-order valence-electron chi connectivity index (χ3n) is 5.74. The largest absolute Gasteiger partial charge is 0.347 e. The molecule has 7 heteroatoms. The molecule has 0 radical (unpaired) electrons. The van der Waals surface area contributed by atoms with E-state index in [9.17, 15) is 14.0 Å². The number of fused-ring (bicyclic) bond motifs is 1. The van der Waals surface area contributed by atoms with Crippen LogP contribution in [0.25, 0.3) is 22.0 Å². The third kappa shape index (κ3) is 3.51. The van der Waals surface area contributed by atoms with Gasteiger partial charge in [0, 0.05) is 48.1 Å². The van der Waals surface area contributed by atoms with Crippen molar-refractivity contribution >= 4 is 33.9 Å². The van der Waals surface area contributed by atoms with Gasteiger partial charge in [-0.2, -0.15) is 0 Å². The van der Waals surface area contributed by atoms with Crippen LogP contribution in [0.4, 0.5) is 4.39 Å². The fourth-order valence-corrected chi connectivity index (χ4v) is 4.24. The summed E-state index contributed by atoms with van der Waals surface area (Å²) in [5, 5.41) is 3.32. The Hall–Kier alpha value is -4.00. The molecule has 160 valence electrons. The molecule has 0 aliphatic carbocycles. The molecule has 3 heterocycles. The molecule has 1 aliphatic heterocycles. The second-order valence-electron chi connectivity index (χ2n) is 7.95. The van der Waals surface area contributed by atoms with Crippen LogP contribution in [0.3, 0.4) is 0 Å². The van der Waals surface area contributed by atoms with Crippen LogP contribution in [-0.4, -0.2) is 25.9 Å². The summed E-state index contributed by atoms with van der Waals surface area (Å²) in [7, 11) is 0. The number of imidazole rings is 1. The number of hydrogen-bond donors (Lipinski definition) is 1. The predicted molar refractivity (Wildman–Crippen MR) is 120 cm³/mol. The highest BCUT2D eigenvalue weighted by Gasteiger charge is 2.33. The minimum Gasteiger partial charge on any atom is -0.347 e. The van der Waals surface area contributed by atoms with Crippen molar-refractivity contribution in [2.75, 3.05) is 0 Å². The smallest absolute Gasteiger partial charge is 0.259 e. The summed E-state index contributed by atoms with van der Waals surface area (Å²) in [5.41, 5.74) is 3.87. The lowest BCUT2D eigenvalue weighted by Gasteiger charge is -2.06. The van der Waals surface area contributed by atoms with Gasteiger partial charge in [0.05, 0.1) is 17.5 Å². The van der Waals surface area contributed by atoms with Gasteiger partial charge in [-0.1, -0.05) is 23.8 Å². The van der Waals surface area contributed by atoms with Gasteiger partial charge in [-0.3, -0.25) is 14.9 Å². The number of nitrogens with zero attached hydrogens (tertiary/aromatic N) is 3. The summed E-state index contributed by atoms with van der Waals surface area (Å²) in [6.07, 6.45) is 8.29. The van der Waals surface area contributed by atoms with Crippen LogP contribution in [-0.2, 0) is 22.7 Å². The maximum atomic E-state index is 13.5. The number of halogens is 1. The Balaban J connectivity index is 1.61. The monoisotopic (exact) mass is 428 g/mol. The van der Waals surface area contributed by atoms with Crippen molar-refractivity contribution in [1.29, 1.82) is 0 Å². The maximum absolute atomic E-state index is 13.5. The van der Waals surface area contributed by atoms with Crippen LogP contribution < -0.4 is 5.32 Å². The molecule has 2 aromatic carbocycles. The van der Waals surface area contributed by atoms with Gasteiger partial charge in [-0.25, -0.2) is 9.37 Å². The van der Waals surface area contributed by atoms with E-state index in [1.807, 2.05) is 42.1 Å². The second-order valence-corrected chi connectivity index (χ2v) is 7.95. The van der Waals surface area contributed by atoms with Crippen LogP contribution in [0, 0.1) is 12.7 Å². The van der Waals surface area contributed by atoms with Crippen LogP contribution in [0.2, 0.25) is 0 Å². The number of benzene rings is 2. The summed E-state index contributed by atoms with van der Waals surface area (Å²) in [5.74, 6) is -1.30. The molecule has 0 fully saturated rings. The Morgan fingerprint density at radius 3 is 2.53 bits per heavy atom. The molecule has 4 aromatic rings. The molecule has 0 saturated heterocycles. The van der Waals surface area contributed by atoms with Crippen LogP contribution >= 0.6 is 0 Å². The Morgan fingerprint density at radius 1 is 1.00 bits per heavy atom. The van der Waals surface area contributed by atoms with Crippen molar-refractivity contribution in [3.63, 3.8) is 0 Å². The van der Waals surface area contributed by atoms with E-state index in [0.29, 0.717) is 16.7 Å². The van der Waals surface area contributed by atoms with Gasteiger partial charge in [-0.15, -0.1) is 0 Å². The van der Waals surface area contributed by atoms with Crippen molar-refractivity contribution in [1.82, 2.24) is 19.4 Å². The van der Waals surface area contributed by atoms with Gasteiger partial charge in [0.25, 0.3) is 11.8 Å². The lowest BCUT2D eigenvalue weighted by molar-refractivity contribution is -0.122. The van der Waals surface area contributed by atoms with E-state index in [0.717, 1.165) is 36.0 Å². The Labute approximate surface area is 184 Å². The highest BCUT2D eigenvalue weighted by Crippen LogP contribution is 2.36. The van der Waals surface area contributed by atoms with E-state index in [-0.39, 0.29) is 5.57 Å². The zero-order valence-electron chi connectivity index (χ0n) is 17.5. The highest BCUT2D eigenvalue weighted by molar-refractivity contribution is 6.50. The minimum absolute atomic E-state index is 0.272. The zero-order valence-corrected chi connectivity index (χ0v) is 17.5. The normalized spacial score (nSPS) is 13.9. The quantitative estimate of drug-likeness (QED) is 0.473. The van der Waals surface area contributed by atoms with E-state index < -0.39 is 17.6 Å². The van der Waals surface area contributed by atoms with E-state index >= 15 is 0 Å². The molecule has 0 bridgehead atoms. The number of carbonyl (C=O) groups excluding carboxylic acids is 2. The SMILES string of the molecule is Cc1ccc2c(c1)c(C1=C(c3ccc(F)cc3)C(=O)NC1=O)cn2CCCn1ccnc1. The Morgan fingerprint density at radius 2 is 1.78 bits per heavy atom. The van der Waals surface area contributed by atoms with Crippen molar-refractivity contribution in [2.45, 2.75) is 26.4 Å². The summed E-state index contributed by atoms with van der Waals surface area (Å²) < 4.78 is 17.6. The van der Waals surface area contributed by atoms with Crippen LogP contribution in [0.15, 0.2) is 67.4 Å². The first-order valence-corrected chi connectivity index (χ1v) is 10.4.